The summed E-state index contributed by atoms with van der Waals surface area (Å²) in [7, 11) is 0. The molecule has 0 aliphatic carbocycles. The van der Waals surface area contributed by atoms with E-state index in [0.29, 0.717) is 9.13 Å². The summed E-state index contributed by atoms with van der Waals surface area (Å²) in [6.45, 7) is 0.0222. The largest absolute Gasteiger partial charge is 0.437 e. The molecule has 0 aliphatic rings. The van der Waals surface area contributed by atoms with Crippen molar-refractivity contribution in [2.75, 3.05) is 0 Å². The highest BCUT2D eigenvalue weighted by Crippen LogP contribution is 2.38. The monoisotopic (exact) mass is 395 g/mol. The number of nitrogens with two attached hydrogens (primary N) is 1. The van der Waals surface area contributed by atoms with Gasteiger partial charge in [0.2, 0.25) is 5.88 Å². The zero-order valence-electron chi connectivity index (χ0n) is 9.99. The van der Waals surface area contributed by atoms with Crippen LogP contribution in [0.15, 0.2) is 30.7 Å². The van der Waals surface area contributed by atoms with Crippen LogP contribution in [0.4, 0.5) is 13.2 Å². The Balaban J connectivity index is 2.44. The van der Waals surface area contributed by atoms with Crippen LogP contribution < -0.4 is 10.5 Å². The number of hydrogen-bond acceptors (Lipinski definition) is 4. The van der Waals surface area contributed by atoms with Crippen molar-refractivity contribution in [2.24, 2.45) is 5.73 Å². The van der Waals surface area contributed by atoms with E-state index in [0.717, 1.165) is 6.07 Å². The van der Waals surface area contributed by atoms with Crippen LogP contribution >= 0.6 is 22.6 Å². The van der Waals surface area contributed by atoms with Gasteiger partial charge in [0.15, 0.2) is 0 Å². The minimum Gasteiger partial charge on any atom is -0.437 e. The zero-order chi connectivity index (χ0) is 14.8. The average molecular weight is 395 g/mol. The molecule has 2 aromatic rings. The van der Waals surface area contributed by atoms with E-state index in [1.165, 1.54) is 24.7 Å². The Morgan fingerprint density at radius 2 is 2.05 bits per heavy atom. The lowest BCUT2D eigenvalue weighted by molar-refractivity contribution is -0.138. The van der Waals surface area contributed by atoms with Gasteiger partial charge in [-0.1, -0.05) is 6.07 Å². The van der Waals surface area contributed by atoms with Crippen LogP contribution in [0.5, 0.6) is 11.6 Å². The molecule has 0 saturated heterocycles. The first kappa shape index (κ1) is 15.0. The molecule has 8 heteroatoms. The highest BCUT2D eigenvalue weighted by atomic mass is 127. The summed E-state index contributed by atoms with van der Waals surface area (Å²) in [5.74, 6) is -0.238. The van der Waals surface area contributed by atoms with Gasteiger partial charge >= 0.3 is 6.18 Å². The van der Waals surface area contributed by atoms with E-state index in [1.807, 2.05) is 22.6 Å². The van der Waals surface area contributed by atoms with Crippen LogP contribution in [0.3, 0.4) is 0 Å². The Morgan fingerprint density at radius 3 is 2.65 bits per heavy atom. The van der Waals surface area contributed by atoms with Gasteiger partial charge < -0.3 is 10.5 Å². The molecule has 1 aromatic carbocycles. The molecule has 0 amide bonds. The maximum Gasteiger partial charge on any atom is 0.419 e. The fraction of sp³-hybridized carbons (Fsp3) is 0.167. The van der Waals surface area contributed by atoms with Crippen molar-refractivity contribution in [1.29, 1.82) is 0 Å². The lowest BCUT2D eigenvalue weighted by atomic mass is 10.1. The first-order valence-corrected chi connectivity index (χ1v) is 6.53. The van der Waals surface area contributed by atoms with Gasteiger partial charge in [-0.2, -0.15) is 13.2 Å². The predicted octanol–water partition coefficient (Wildman–Crippen LogP) is 3.35. The third-order valence-corrected chi connectivity index (χ3v) is 3.17. The SMILES string of the molecule is NCc1ccc(Oc2ncncc2I)c(C(F)(F)F)c1. The summed E-state index contributed by atoms with van der Waals surface area (Å²) < 4.78 is 44.8. The van der Waals surface area contributed by atoms with Crippen molar-refractivity contribution in [3.63, 3.8) is 0 Å². The number of benzene rings is 1. The molecule has 2 N–H and O–H groups in total. The lowest BCUT2D eigenvalue weighted by Gasteiger charge is -2.14. The topological polar surface area (TPSA) is 61.0 Å². The molecule has 0 spiro atoms. The minimum atomic E-state index is -4.53. The lowest BCUT2D eigenvalue weighted by Crippen LogP contribution is -2.09. The third kappa shape index (κ3) is 3.37. The van der Waals surface area contributed by atoms with Crippen LogP contribution in [0.25, 0.3) is 0 Å². The second-order valence-corrected chi connectivity index (χ2v) is 4.97. The molecule has 1 aromatic heterocycles. The number of rotatable bonds is 3. The first-order chi connectivity index (χ1) is 9.41. The van der Waals surface area contributed by atoms with Gasteiger partial charge in [0.05, 0.1) is 9.13 Å². The van der Waals surface area contributed by atoms with Crippen LogP contribution in [0, 0.1) is 3.57 Å². The second kappa shape index (κ2) is 5.92. The molecular formula is C12H9F3IN3O. The van der Waals surface area contributed by atoms with Crippen molar-refractivity contribution in [2.45, 2.75) is 12.7 Å². The summed E-state index contributed by atoms with van der Waals surface area (Å²) in [5.41, 5.74) is 4.86. The number of halogens is 4. The van der Waals surface area contributed by atoms with Crippen molar-refractivity contribution >= 4 is 22.6 Å². The van der Waals surface area contributed by atoms with E-state index in [2.05, 4.69) is 9.97 Å². The van der Waals surface area contributed by atoms with Crippen molar-refractivity contribution in [3.05, 3.63) is 45.4 Å². The Bertz CT molecular complexity index is 619. The van der Waals surface area contributed by atoms with E-state index in [9.17, 15) is 13.2 Å². The molecule has 0 saturated carbocycles. The van der Waals surface area contributed by atoms with Crippen LogP contribution in [-0.4, -0.2) is 9.97 Å². The molecule has 1 heterocycles. The smallest absolute Gasteiger partial charge is 0.419 e. The second-order valence-electron chi connectivity index (χ2n) is 3.81. The van der Waals surface area contributed by atoms with Gasteiger partial charge in [0.1, 0.15) is 12.1 Å². The molecule has 0 atom stereocenters. The van der Waals surface area contributed by atoms with Gasteiger partial charge in [-0.25, -0.2) is 9.97 Å². The van der Waals surface area contributed by atoms with E-state index in [1.54, 1.807) is 0 Å². The van der Waals surface area contributed by atoms with E-state index in [-0.39, 0.29) is 18.2 Å². The van der Waals surface area contributed by atoms with Gasteiger partial charge in [0.25, 0.3) is 0 Å². The first-order valence-electron chi connectivity index (χ1n) is 5.45. The summed E-state index contributed by atoms with van der Waals surface area (Å²) >= 11 is 1.88. The highest BCUT2D eigenvalue weighted by Gasteiger charge is 2.35. The maximum absolute atomic E-state index is 13.0. The molecule has 106 valence electrons. The molecule has 0 bridgehead atoms. The summed E-state index contributed by atoms with van der Waals surface area (Å²) in [6.07, 6.45) is -1.87. The van der Waals surface area contributed by atoms with Crippen molar-refractivity contribution in [3.8, 4) is 11.6 Å². The normalized spacial score (nSPS) is 11.4. The number of nitrogens with zero attached hydrogens (tertiary/aromatic N) is 2. The Labute approximate surface area is 126 Å². The summed E-state index contributed by atoms with van der Waals surface area (Å²) in [5, 5.41) is 0. The fourth-order valence-corrected chi connectivity index (χ4v) is 1.91. The van der Waals surface area contributed by atoms with Crippen LogP contribution in [-0.2, 0) is 12.7 Å². The van der Waals surface area contributed by atoms with Crippen molar-refractivity contribution < 1.29 is 17.9 Å². The molecule has 0 unspecified atom stereocenters. The molecule has 0 aliphatic heterocycles. The van der Waals surface area contributed by atoms with Crippen molar-refractivity contribution in [1.82, 2.24) is 9.97 Å². The summed E-state index contributed by atoms with van der Waals surface area (Å²) in [4.78, 5) is 7.55. The van der Waals surface area contributed by atoms with Gasteiger partial charge in [-0.05, 0) is 40.3 Å². The minimum absolute atomic E-state index is 0.0222. The third-order valence-electron chi connectivity index (χ3n) is 2.43. The van der Waals surface area contributed by atoms with Gasteiger partial charge in [0, 0.05) is 12.7 Å². The zero-order valence-corrected chi connectivity index (χ0v) is 12.1. The highest BCUT2D eigenvalue weighted by molar-refractivity contribution is 14.1. The van der Waals surface area contributed by atoms with E-state index >= 15 is 0 Å². The van der Waals surface area contributed by atoms with E-state index in [4.69, 9.17) is 10.5 Å². The van der Waals surface area contributed by atoms with Gasteiger partial charge in [-0.15, -0.1) is 0 Å². The molecule has 0 radical (unpaired) electrons. The van der Waals surface area contributed by atoms with Crippen LogP contribution in [0.2, 0.25) is 0 Å². The number of ether oxygens (including phenoxy) is 1. The average Bonchev–Trinajstić information content (AvgIpc) is 2.40. The standard InChI is InChI=1S/C12H9F3IN3O/c13-12(14,15)8-3-7(4-17)1-2-10(8)20-11-9(16)5-18-6-19-11/h1-3,5-6H,4,17H2. The van der Waals surface area contributed by atoms with Crippen LogP contribution in [0.1, 0.15) is 11.1 Å². The molecule has 2 rings (SSSR count). The quantitative estimate of drug-likeness (QED) is 0.810. The molecule has 4 nitrogen and oxygen atoms in total. The number of hydrogen-bond donors (Lipinski definition) is 1. The molecule has 20 heavy (non-hydrogen) atoms. The maximum atomic E-state index is 13.0. The predicted molar refractivity (Wildman–Crippen MR) is 74.2 cm³/mol. The Kier molecular flexibility index (Phi) is 4.43. The number of aromatic nitrogens is 2. The Hall–Kier alpha value is -1.42. The van der Waals surface area contributed by atoms with Gasteiger partial charge in [-0.3, -0.25) is 0 Å². The fourth-order valence-electron chi connectivity index (χ4n) is 1.50. The van der Waals surface area contributed by atoms with E-state index < -0.39 is 11.7 Å². The number of alkyl halides is 3. The molecule has 0 fully saturated rings. The molecular weight excluding hydrogens is 386 g/mol. The Morgan fingerprint density at radius 1 is 1.30 bits per heavy atom. The summed E-state index contributed by atoms with van der Waals surface area (Å²) in [6, 6.07) is 3.70.